The third kappa shape index (κ3) is 5.85. The fraction of sp³-hybridized carbons (Fsp3) is 0.591. The number of aromatic nitrogens is 4. The Hall–Kier alpha value is -2.93. The Bertz CT molecular complexity index is 974. The van der Waals surface area contributed by atoms with Gasteiger partial charge in [0.05, 0.1) is 29.1 Å². The average molecular weight is 447 g/mol. The molecule has 1 fully saturated rings. The quantitative estimate of drug-likeness (QED) is 0.633. The summed E-state index contributed by atoms with van der Waals surface area (Å²) in [4.78, 5) is 16.6. The highest BCUT2D eigenvalue weighted by molar-refractivity contribution is 5.38. The molecule has 1 saturated carbocycles. The minimum Gasteiger partial charge on any atom is -0.471 e. The Morgan fingerprint density at radius 1 is 1.31 bits per heavy atom. The SMILES string of the molecule is CC(F)(F)COc1ncncc1CNc1ncc(C#N)c(C[C@@H]2CCC[C@H](O)C2(C)C)n1. The molecule has 0 amide bonds. The van der Waals surface area contributed by atoms with Crippen molar-refractivity contribution in [3.05, 3.63) is 35.5 Å². The molecule has 172 valence electrons. The van der Waals surface area contributed by atoms with Gasteiger partial charge in [-0.3, -0.25) is 0 Å². The normalized spacial score (nSPS) is 20.4. The molecular weight excluding hydrogens is 418 g/mol. The molecule has 0 radical (unpaired) electrons. The Morgan fingerprint density at radius 3 is 2.81 bits per heavy atom. The first-order chi connectivity index (χ1) is 15.1. The summed E-state index contributed by atoms with van der Waals surface area (Å²) in [6.07, 6.45) is 6.98. The van der Waals surface area contributed by atoms with E-state index in [1.54, 1.807) is 0 Å². The van der Waals surface area contributed by atoms with Gasteiger partial charge in [0.1, 0.15) is 12.4 Å². The topological polar surface area (TPSA) is 117 Å². The van der Waals surface area contributed by atoms with E-state index < -0.39 is 18.6 Å². The molecule has 2 aromatic rings. The predicted molar refractivity (Wildman–Crippen MR) is 113 cm³/mol. The molecule has 0 saturated heterocycles. The lowest BCUT2D eigenvalue weighted by molar-refractivity contribution is -0.0295. The van der Waals surface area contributed by atoms with Gasteiger partial charge in [-0.05, 0) is 30.6 Å². The molecule has 0 aromatic carbocycles. The van der Waals surface area contributed by atoms with Gasteiger partial charge in [0.2, 0.25) is 11.8 Å². The fourth-order valence-electron chi connectivity index (χ4n) is 3.89. The van der Waals surface area contributed by atoms with Gasteiger partial charge in [-0.2, -0.15) is 5.26 Å². The molecule has 2 heterocycles. The maximum atomic E-state index is 13.1. The van der Waals surface area contributed by atoms with Crippen molar-refractivity contribution in [1.29, 1.82) is 5.26 Å². The molecule has 0 aliphatic heterocycles. The molecule has 2 aromatic heterocycles. The number of alkyl halides is 2. The molecule has 8 nitrogen and oxygen atoms in total. The Balaban J connectivity index is 1.74. The van der Waals surface area contributed by atoms with Gasteiger partial charge in [-0.1, -0.05) is 20.3 Å². The van der Waals surface area contributed by atoms with Crippen molar-refractivity contribution in [3.63, 3.8) is 0 Å². The minimum absolute atomic E-state index is 0.0563. The van der Waals surface area contributed by atoms with Crippen molar-refractivity contribution in [2.24, 2.45) is 11.3 Å². The average Bonchev–Trinajstić information content (AvgIpc) is 2.74. The molecule has 3 rings (SSSR count). The van der Waals surface area contributed by atoms with Gasteiger partial charge in [-0.25, -0.2) is 28.7 Å². The summed E-state index contributed by atoms with van der Waals surface area (Å²) >= 11 is 0. The second kappa shape index (κ2) is 9.69. The molecule has 2 atom stereocenters. The molecule has 2 N–H and O–H groups in total. The zero-order valence-corrected chi connectivity index (χ0v) is 18.5. The molecule has 32 heavy (non-hydrogen) atoms. The number of nitriles is 1. The van der Waals surface area contributed by atoms with E-state index in [2.05, 4.69) is 31.3 Å². The number of nitrogens with one attached hydrogen (secondary N) is 1. The smallest absolute Gasteiger partial charge is 0.278 e. The van der Waals surface area contributed by atoms with Crippen LogP contribution in [0.4, 0.5) is 14.7 Å². The van der Waals surface area contributed by atoms with Crippen LogP contribution in [0.5, 0.6) is 5.88 Å². The van der Waals surface area contributed by atoms with Crippen LogP contribution in [-0.2, 0) is 13.0 Å². The number of rotatable bonds is 8. The number of ether oxygens (including phenoxy) is 1. The van der Waals surface area contributed by atoms with Crippen LogP contribution in [0.25, 0.3) is 0 Å². The number of anilines is 1. The van der Waals surface area contributed by atoms with Gasteiger partial charge in [0.15, 0.2) is 6.61 Å². The second-order valence-electron chi connectivity index (χ2n) is 8.90. The van der Waals surface area contributed by atoms with Crippen LogP contribution >= 0.6 is 0 Å². The van der Waals surface area contributed by atoms with Gasteiger partial charge in [0.25, 0.3) is 5.92 Å². The van der Waals surface area contributed by atoms with E-state index in [-0.39, 0.29) is 23.8 Å². The van der Waals surface area contributed by atoms with Crippen molar-refractivity contribution in [1.82, 2.24) is 19.9 Å². The summed E-state index contributed by atoms with van der Waals surface area (Å²) in [5, 5.41) is 22.9. The van der Waals surface area contributed by atoms with E-state index in [0.29, 0.717) is 29.2 Å². The number of hydrogen-bond donors (Lipinski definition) is 2. The lowest BCUT2D eigenvalue weighted by atomic mass is 9.65. The van der Waals surface area contributed by atoms with Gasteiger partial charge < -0.3 is 15.2 Å². The first-order valence-electron chi connectivity index (χ1n) is 10.6. The van der Waals surface area contributed by atoms with Gasteiger partial charge in [-0.15, -0.1) is 0 Å². The van der Waals surface area contributed by atoms with Crippen molar-refractivity contribution >= 4 is 5.95 Å². The number of aliphatic hydroxyl groups is 1. The van der Waals surface area contributed by atoms with E-state index in [1.165, 1.54) is 18.7 Å². The summed E-state index contributed by atoms with van der Waals surface area (Å²) in [6.45, 7) is 4.22. The highest BCUT2D eigenvalue weighted by Gasteiger charge is 2.39. The Kier molecular flexibility index (Phi) is 7.19. The monoisotopic (exact) mass is 446 g/mol. The first-order valence-corrected chi connectivity index (χ1v) is 10.6. The molecule has 0 bridgehead atoms. The van der Waals surface area contributed by atoms with Crippen LogP contribution in [0, 0.1) is 22.7 Å². The number of hydrogen-bond acceptors (Lipinski definition) is 8. The fourth-order valence-corrected chi connectivity index (χ4v) is 3.89. The van der Waals surface area contributed by atoms with Crippen LogP contribution in [0.15, 0.2) is 18.7 Å². The standard InChI is InChI=1S/C22H28F2N6O2/c1-21(2)16(5-4-6-18(21)31)7-17-14(8-25)10-27-20(30-17)28-11-15-9-26-13-29-19(15)32-12-22(3,23)24/h9-10,13,16,18,31H,4-7,11-12H2,1-3H3,(H,27,28,30)/t16-,18-/m0/s1. The highest BCUT2D eigenvalue weighted by Crippen LogP contribution is 2.42. The number of aliphatic hydroxyl groups excluding tert-OH is 1. The van der Waals surface area contributed by atoms with Gasteiger partial charge in [0, 0.05) is 19.7 Å². The van der Waals surface area contributed by atoms with E-state index in [0.717, 1.165) is 26.2 Å². The van der Waals surface area contributed by atoms with Gasteiger partial charge >= 0.3 is 0 Å². The van der Waals surface area contributed by atoms with E-state index in [1.807, 2.05) is 13.8 Å². The molecule has 1 aliphatic carbocycles. The van der Waals surface area contributed by atoms with E-state index in [4.69, 9.17) is 4.74 Å². The highest BCUT2D eigenvalue weighted by atomic mass is 19.3. The summed E-state index contributed by atoms with van der Waals surface area (Å²) < 4.78 is 31.4. The minimum atomic E-state index is -2.98. The van der Waals surface area contributed by atoms with E-state index >= 15 is 0 Å². The largest absolute Gasteiger partial charge is 0.471 e. The Morgan fingerprint density at radius 2 is 2.09 bits per heavy atom. The molecule has 10 heteroatoms. The first kappa shape index (κ1) is 23.7. The molecule has 0 spiro atoms. The summed E-state index contributed by atoms with van der Waals surface area (Å²) in [5.74, 6) is -2.45. The number of nitrogens with zero attached hydrogens (tertiary/aromatic N) is 5. The second-order valence-corrected chi connectivity index (χ2v) is 8.90. The zero-order valence-electron chi connectivity index (χ0n) is 18.5. The van der Waals surface area contributed by atoms with Crippen LogP contribution < -0.4 is 10.1 Å². The zero-order chi connectivity index (χ0) is 23.4. The number of halogens is 2. The van der Waals surface area contributed by atoms with Crippen molar-refractivity contribution in [2.45, 2.75) is 65.0 Å². The van der Waals surface area contributed by atoms with Crippen molar-refractivity contribution < 1.29 is 18.6 Å². The van der Waals surface area contributed by atoms with Crippen LogP contribution in [0.2, 0.25) is 0 Å². The molecule has 0 unspecified atom stereocenters. The van der Waals surface area contributed by atoms with Crippen molar-refractivity contribution in [3.8, 4) is 11.9 Å². The third-order valence-electron chi connectivity index (χ3n) is 6.02. The van der Waals surface area contributed by atoms with Crippen LogP contribution in [0.3, 0.4) is 0 Å². The summed E-state index contributed by atoms with van der Waals surface area (Å²) in [7, 11) is 0. The maximum Gasteiger partial charge on any atom is 0.278 e. The lowest BCUT2D eigenvalue weighted by Crippen LogP contribution is -2.41. The summed E-state index contributed by atoms with van der Waals surface area (Å²) in [5.41, 5.74) is 1.20. The lowest BCUT2D eigenvalue weighted by Gasteiger charge is -2.42. The predicted octanol–water partition coefficient (Wildman–Crippen LogP) is 3.51. The van der Waals surface area contributed by atoms with Crippen LogP contribution in [0.1, 0.15) is 56.9 Å². The Labute approximate surface area is 186 Å². The summed E-state index contributed by atoms with van der Waals surface area (Å²) in [6, 6.07) is 2.14. The van der Waals surface area contributed by atoms with E-state index in [9.17, 15) is 19.1 Å². The van der Waals surface area contributed by atoms with Crippen LogP contribution in [-0.4, -0.2) is 43.7 Å². The maximum absolute atomic E-state index is 13.1. The molecule has 1 aliphatic rings. The van der Waals surface area contributed by atoms with Crippen molar-refractivity contribution in [2.75, 3.05) is 11.9 Å². The molecular formula is C22H28F2N6O2. The third-order valence-corrected chi connectivity index (χ3v) is 6.02.